The van der Waals surface area contributed by atoms with E-state index in [1.807, 2.05) is 25.1 Å². The molecule has 1 saturated heterocycles. The van der Waals surface area contributed by atoms with Crippen LogP contribution in [0.5, 0.6) is 0 Å². The highest BCUT2D eigenvalue weighted by atomic mass is 16.5. The summed E-state index contributed by atoms with van der Waals surface area (Å²) in [4.78, 5) is 25.6. The lowest BCUT2D eigenvalue weighted by molar-refractivity contribution is 0.177. The number of anilines is 2. The second-order valence-corrected chi connectivity index (χ2v) is 6.13. The number of nitrogens with one attached hydrogen (secondary N) is 2. The molecule has 1 fully saturated rings. The fraction of sp³-hybridized carbons (Fsp3) is 0.471. The zero-order valence-electron chi connectivity index (χ0n) is 14.1. The van der Waals surface area contributed by atoms with Gasteiger partial charge in [-0.15, -0.1) is 0 Å². The first-order valence-electron chi connectivity index (χ1n) is 8.15. The number of hydrogen-bond donors (Lipinski definition) is 2. The van der Waals surface area contributed by atoms with Gasteiger partial charge in [-0.2, -0.15) is 0 Å². The van der Waals surface area contributed by atoms with Crippen LogP contribution in [0.1, 0.15) is 17.9 Å². The fourth-order valence-electron chi connectivity index (χ4n) is 2.96. The Morgan fingerprint density at radius 2 is 2.29 bits per heavy atom. The van der Waals surface area contributed by atoms with Gasteiger partial charge in [-0.3, -0.25) is 4.79 Å². The largest absolute Gasteiger partial charge is 0.377 e. The van der Waals surface area contributed by atoms with Crippen LogP contribution < -0.4 is 15.8 Å². The Morgan fingerprint density at radius 1 is 1.42 bits per heavy atom. The minimum atomic E-state index is -0.141. The number of methoxy groups -OCH3 is 1. The molecule has 24 heavy (non-hydrogen) atoms. The van der Waals surface area contributed by atoms with E-state index >= 15 is 0 Å². The predicted molar refractivity (Wildman–Crippen MR) is 93.4 cm³/mol. The number of aromatic amines is 1. The summed E-state index contributed by atoms with van der Waals surface area (Å²) >= 11 is 0. The monoisotopic (exact) mass is 329 g/mol. The van der Waals surface area contributed by atoms with E-state index in [0.29, 0.717) is 18.3 Å². The first-order chi connectivity index (χ1) is 11.6. The number of pyridine rings is 1. The third-order valence-electron chi connectivity index (χ3n) is 4.13. The van der Waals surface area contributed by atoms with E-state index < -0.39 is 0 Å². The molecule has 2 N–H and O–H groups in total. The number of rotatable bonds is 6. The molecule has 0 bridgehead atoms. The molecule has 2 aromatic rings. The molecule has 128 valence electrons. The molecule has 0 radical (unpaired) electrons. The summed E-state index contributed by atoms with van der Waals surface area (Å²) < 4.78 is 5.05. The van der Waals surface area contributed by atoms with Crippen LogP contribution in [-0.2, 0) is 11.3 Å². The van der Waals surface area contributed by atoms with Crippen molar-refractivity contribution in [3.05, 3.63) is 46.1 Å². The first-order valence-corrected chi connectivity index (χ1v) is 8.15. The van der Waals surface area contributed by atoms with Gasteiger partial charge in [-0.25, -0.2) is 9.97 Å². The summed E-state index contributed by atoms with van der Waals surface area (Å²) in [5.74, 6) is 2.69. The maximum absolute atomic E-state index is 11.8. The molecule has 0 aliphatic carbocycles. The molecule has 7 nitrogen and oxygen atoms in total. The molecule has 7 heteroatoms. The number of aryl methyl sites for hydroxylation is 1. The molecule has 3 heterocycles. The van der Waals surface area contributed by atoms with Crippen molar-refractivity contribution < 1.29 is 4.74 Å². The number of H-pyrrole nitrogens is 1. The van der Waals surface area contributed by atoms with Crippen molar-refractivity contribution in [1.82, 2.24) is 15.0 Å². The first kappa shape index (κ1) is 16.4. The Bertz CT molecular complexity index is 746. The van der Waals surface area contributed by atoms with E-state index in [-0.39, 0.29) is 5.56 Å². The second kappa shape index (κ2) is 7.44. The number of ether oxygens (including phenoxy) is 1. The van der Waals surface area contributed by atoms with Crippen molar-refractivity contribution in [2.24, 2.45) is 5.92 Å². The molecule has 1 atom stereocenters. The minimum absolute atomic E-state index is 0.141. The van der Waals surface area contributed by atoms with Crippen molar-refractivity contribution in [1.29, 1.82) is 0 Å². The molecule has 0 amide bonds. The molecule has 1 unspecified atom stereocenters. The normalized spacial score (nSPS) is 17.2. The van der Waals surface area contributed by atoms with Gasteiger partial charge in [0.05, 0.1) is 0 Å². The van der Waals surface area contributed by atoms with Gasteiger partial charge < -0.3 is 19.9 Å². The molecule has 1 aliphatic rings. The highest BCUT2D eigenvalue weighted by Gasteiger charge is 2.24. The molecular formula is C17H23N5O2. The van der Waals surface area contributed by atoms with Gasteiger partial charge in [0.25, 0.3) is 5.56 Å². The quantitative estimate of drug-likeness (QED) is 0.837. The Morgan fingerprint density at radius 3 is 3.08 bits per heavy atom. The maximum Gasteiger partial charge on any atom is 0.253 e. The van der Waals surface area contributed by atoms with E-state index in [0.717, 1.165) is 43.4 Å². The third-order valence-corrected chi connectivity index (χ3v) is 4.13. The van der Waals surface area contributed by atoms with Crippen LogP contribution in [0.2, 0.25) is 0 Å². The topological polar surface area (TPSA) is 83.1 Å². The van der Waals surface area contributed by atoms with Crippen LogP contribution in [0, 0.1) is 12.8 Å². The number of aromatic nitrogens is 3. The van der Waals surface area contributed by atoms with Crippen LogP contribution in [0.25, 0.3) is 0 Å². The molecular weight excluding hydrogens is 306 g/mol. The van der Waals surface area contributed by atoms with Crippen molar-refractivity contribution in [3.63, 3.8) is 0 Å². The average Bonchev–Trinajstić information content (AvgIpc) is 3.02. The summed E-state index contributed by atoms with van der Waals surface area (Å²) in [5.41, 5.74) is 0.865. The van der Waals surface area contributed by atoms with Gasteiger partial charge in [0, 0.05) is 38.5 Å². The van der Waals surface area contributed by atoms with Crippen LogP contribution in [0.3, 0.4) is 0 Å². The van der Waals surface area contributed by atoms with E-state index in [9.17, 15) is 4.79 Å². The molecule has 3 rings (SSSR count). The van der Waals surface area contributed by atoms with Gasteiger partial charge in [-0.05, 0) is 31.4 Å². The molecule has 0 saturated carbocycles. The van der Waals surface area contributed by atoms with E-state index in [1.165, 1.54) is 0 Å². The zero-order chi connectivity index (χ0) is 16.9. The van der Waals surface area contributed by atoms with E-state index in [2.05, 4.69) is 25.2 Å². The zero-order valence-corrected chi connectivity index (χ0v) is 14.1. The highest BCUT2D eigenvalue weighted by Crippen LogP contribution is 2.21. The summed E-state index contributed by atoms with van der Waals surface area (Å²) in [6, 6.07) is 7.52. The Balaban J connectivity index is 1.60. The number of hydrogen-bond acceptors (Lipinski definition) is 6. The molecule has 1 aliphatic heterocycles. The van der Waals surface area contributed by atoms with Crippen molar-refractivity contribution in [2.45, 2.75) is 20.0 Å². The molecule has 2 aromatic heterocycles. The standard InChI is InChI=1S/C17H23N5O2/c1-12-4-3-5-14(19-12)18-9-13-6-7-22(10-13)16-8-17(23)21-15(20-16)11-24-2/h3-5,8,13H,6-7,9-11H2,1-2H3,(H,18,19)(H,20,21,23). The molecule has 0 aromatic carbocycles. The lowest BCUT2D eigenvalue weighted by Gasteiger charge is -2.18. The van der Waals surface area contributed by atoms with Crippen molar-refractivity contribution in [2.75, 3.05) is 37.0 Å². The summed E-state index contributed by atoms with van der Waals surface area (Å²) in [6.45, 7) is 4.93. The average molecular weight is 329 g/mol. The van der Waals surface area contributed by atoms with Crippen LogP contribution in [-0.4, -0.2) is 41.7 Å². The van der Waals surface area contributed by atoms with Crippen molar-refractivity contribution >= 4 is 11.6 Å². The summed E-state index contributed by atoms with van der Waals surface area (Å²) in [5, 5.41) is 3.40. The van der Waals surface area contributed by atoms with Gasteiger partial charge in [0.1, 0.15) is 24.1 Å². The van der Waals surface area contributed by atoms with Gasteiger partial charge in [-0.1, -0.05) is 6.07 Å². The van der Waals surface area contributed by atoms with Gasteiger partial charge in [0.2, 0.25) is 0 Å². The SMILES string of the molecule is COCc1nc(N2CCC(CNc3cccc(C)n3)C2)cc(=O)[nH]1. The minimum Gasteiger partial charge on any atom is -0.377 e. The Kier molecular flexibility index (Phi) is 5.10. The Labute approximate surface area is 141 Å². The van der Waals surface area contributed by atoms with E-state index in [4.69, 9.17) is 4.74 Å². The summed E-state index contributed by atoms with van der Waals surface area (Å²) in [6.07, 6.45) is 1.06. The third kappa shape index (κ3) is 4.11. The lowest BCUT2D eigenvalue weighted by Crippen LogP contribution is -2.26. The summed E-state index contributed by atoms with van der Waals surface area (Å²) in [7, 11) is 1.59. The highest BCUT2D eigenvalue weighted by molar-refractivity contribution is 5.40. The lowest BCUT2D eigenvalue weighted by atomic mass is 10.1. The smallest absolute Gasteiger partial charge is 0.253 e. The number of nitrogens with zero attached hydrogens (tertiary/aromatic N) is 3. The fourth-order valence-corrected chi connectivity index (χ4v) is 2.96. The second-order valence-electron chi connectivity index (χ2n) is 6.13. The van der Waals surface area contributed by atoms with E-state index in [1.54, 1.807) is 13.2 Å². The van der Waals surface area contributed by atoms with Gasteiger partial charge in [0.15, 0.2) is 0 Å². The molecule has 0 spiro atoms. The van der Waals surface area contributed by atoms with Crippen LogP contribution in [0.15, 0.2) is 29.1 Å². The van der Waals surface area contributed by atoms with Gasteiger partial charge >= 0.3 is 0 Å². The van der Waals surface area contributed by atoms with Crippen LogP contribution >= 0.6 is 0 Å². The maximum atomic E-state index is 11.8. The Hall–Kier alpha value is -2.41. The van der Waals surface area contributed by atoms with Crippen LogP contribution in [0.4, 0.5) is 11.6 Å². The van der Waals surface area contributed by atoms with Crippen molar-refractivity contribution in [3.8, 4) is 0 Å². The predicted octanol–water partition coefficient (Wildman–Crippen LogP) is 1.56.